The lowest BCUT2D eigenvalue weighted by Gasteiger charge is -2.08. The van der Waals surface area contributed by atoms with Gasteiger partial charge in [0, 0.05) is 6.61 Å². The standard InChI is InChI=1S/C19H32O2/c1-17-12-13-19(16-18(17)2)21-15-11-9-7-5-3-4-6-8-10-14-20/h12-13,16,20H,3-11,14-15H2,1-2H3. The Morgan fingerprint density at radius 2 is 1.33 bits per heavy atom. The van der Waals surface area contributed by atoms with Crippen LogP contribution in [-0.2, 0) is 0 Å². The molecule has 2 nitrogen and oxygen atoms in total. The molecule has 0 bridgehead atoms. The summed E-state index contributed by atoms with van der Waals surface area (Å²) >= 11 is 0. The molecule has 1 aromatic rings. The minimum atomic E-state index is 0.348. The third-order valence-electron chi connectivity index (χ3n) is 4.05. The first-order chi connectivity index (χ1) is 10.2. The highest BCUT2D eigenvalue weighted by atomic mass is 16.5. The molecule has 0 amide bonds. The van der Waals surface area contributed by atoms with Crippen molar-refractivity contribution in [3.05, 3.63) is 29.3 Å². The Kier molecular flexibility index (Phi) is 9.98. The molecule has 0 radical (unpaired) electrons. The molecule has 0 saturated heterocycles. The highest BCUT2D eigenvalue weighted by molar-refractivity contribution is 5.33. The van der Waals surface area contributed by atoms with E-state index in [9.17, 15) is 0 Å². The summed E-state index contributed by atoms with van der Waals surface area (Å²) in [5.41, 5.74) is 2.62. The number of benzene rings is 1. The van der Waals surface area contributed by atoms with Gasteiger partial charge in [-0.3, -0.25) is 0 Å². The smallest absolute Gasteiger partial charge is 0.119 e. The molecule has 0 saturated carbocycles. The fraction of sp³-hybridized carbons (Fsp3) is 0.684. The minimum Gasteiger partial charge on any atom is -0.494 e. The predicted octanol–water partition coefficient (Wildman–Crippen LogP) is 5.19. The van der Waals surface area contributed by atoms with Crippen LogP contribution in [0.5, 0.6) is 5.75 Å². The number of aliphatic hydroxyl groups is 1. The lowest BCUT2D eigenvalue weighted by Crippen LogP contribution is -1.98. The van der Waals surface area contributed by atoms with Crippen LogP contribution in [0.3, 0.4) is 0 Å². The van der Waals surface area contributed by atoms with Gasteiger partial charge in [-0.25, -0.2) is 0 Å². The fourth-order valence-electron chi connectivity index (χ4n) is 2.45. The molecule has 2 heteroatoms. The topological polar surface area (TPSA) is 29.5 Å². The molecule has 0 atom stereocenters. The Hall–Kier alpha value is -1.02. The van der Waals surface area contributed by atoms with Gasteiger partial charge in [0.05, 0.1) is 6.61 Å². The van der Waals surface area contributed by atoms with E-state index in [1.54, 1.807) is 0 Å². The largest absolute Gasteiger partial charge is 0.494 e. The maximum absolute atomic E-state index is 8.69. The molecule has 0 unspecified atom stereocenters. The van der Waals surface area contributed by atoms with Gasteiger partial charge in [-0.15, -0.1) is 0 Å². The van der Waals surface area contributed by atoms with E-state index in [2.05, 4.69) is 32.0 Å². The zero-order valence-electron chi connectivity index (χ0n) is 13.9. The molecule has 120 valence electrons. The van der Waals surface area contributed by atoms with Crippen molar-refractivity contribution >= 4 is 0 Å². The van der Waals surface area contributed by atoms with Gasteiger partial charge in [0.2, 0.25) is 0 Å². The molecule has 0 spiro atoms. The van der Waals surface area contributed by atoms with E-state index in [0.29, 0.717) is 6.61 Å². The van der Waals surface area contributed by atoms with Crippen molar-refractivity contribution in [2.45, 2.75) is 71.6 Å². The van der Waals surface area contributed by atoms with E-state index in [-0.39, 0.29) is 0 Å². The second-order valence-electron chi connectivity index (χ2n) is 6.00. The number of hydrogen-bond donors (Lipinski definition) is 1. The van der Waals surface area contributed by atoms with Gasteiger partial charge < -0.3 is 9.84 Å². The second-order valence-corrected chi connectivity index (χ2v) is 6.00. The first-order valence-corrected chi connectivity index (χ1v) is 8.55. The first-order valence-electron chi connectivity index (χ1n) is 8.55. The number of unbranched alkanes of at least 4 members (excludes halogenated alkanes) is 8. The third kappa shape index (κ3) is 8.77. The maximum atomic E-state index is 8.69. The van der Waals surface area contributed by atoms with Crippen LogP contribution in [0.2, 0.25) is 0 Å². The Morgan fingerprint density at radius 1 is 0.762 bits per heavy atom. The lowest BCUT2D eigenvalue weighted by molar-refractivity contribution is 0.282. The molecule has 0 aliphatic carbocycles. The Balaban J connectivity index is 1.91. The number of rotatable bonds is 12. The van der Waals surface area contributed by atoms with E-state index in [1.807, 2.05) is 0 Å². The molecule has 0 fully saturated rings. The van der Waals surface area contributed by atoms with Crippen molar-refractivity contribution in [2.24, 2.45) is 0 Å². The molecule has 1 aromatic carbocycles. The van der Waals surface area contributed by atoms with E-state index in [4.69, 9.17) is 9.84 Å². The third-order valence-corrected chi connectivity index (χ3v) is 4.05. The van der Waals surface area contributed by atoms with Crippen LogP contribution in [0.15, 0.2) is 18.2 Å². The van der Waals surface area contributed by atoms with Crippen molar-refractivity contribution < 1.29 is 9.84 Å². The highest BCUT2D eigenvalue weighted by Gasteiger charge is 1.97. The van der Waals surface area contributed by atoms with Gasteiger partial charge in [-0.1, -0.05) is 51.0 Å². The molecule has 0 aliphatic rings. The molecule has 21 heavy (non-hydrogen) atoms. The summed E-state index contributed by atoms with van der Waals surface area (Å²) in [7, 11) is 0. The molecule has 0 aromatic heterocycles. The SMILES string of the molecule is Cc1ccc(OCCCCCCCCCCCO)cc1C. The number of aliphatic hydroxyl groups excluding tert-OH is 1. The molecule has 0 aliphatic heterocycles. The first kappa shape index (κ1) is 18.0. The summed E-state index contributed by atoms with van der Waals surface area (Å²) in [6.45, 7) is 5.44. The Labute approximate surface area is 130 Å². The summed E-state index contributed by atoms with van der Waals surface area (Å²) < 4.78 is 5.79. The van der Waals surface area contributed by atoms with Crippen LogP contribution >= 0.6 is 0 Å². The van der Waals surface area contributed by atoms with Crippen molar-refractivity contribution in [1.82, 2.24) is 0 Å². The maximum Gasteiger partial charge on any atom is 0.119 e. The average Bonchev–Trinajstić information content (AvgIpc) is 2.48. The van der Waals surface area contributed by atoms with Crippen LogP contribution in [0.25, 0.3) is 0 Å². The molecule has 1 N–H and O–H groups in total. The fourth-order valence-corrected chi connectivity index (χ4v) is 2.45. The van der Waals surface area contributed by atoms with E-state index >= 15 is 0 Å². The zero-order valence-corrected chi connectivity index (χ0v) is 13.9. The number of ether oxygens (including phenoxy) is 1. The predicted molar refractivity (Wildman–Crippen MR) is 90.0 cm³/mol. The summed E-state index contributed by atoms with van der Waals surface area (Å²) in [5.74, 6) is 1.00. The van der Waals surface area contributed by atoms with Gasteiger partial charge in [0.25, 0.3) is 0 Å². The second kappa shape index (κ2) is 11.6. The van der Waals surface area contributed by atoms with Crippen LogP contribution in [0, 0.1) is 13.8 Å². The van der Waals surface area contributed by atoms with Crippen LogP contribution in [-0.4, -0.2) is 18.3 Å². The van der Waals surface area contributed by atoms with Gasteiger partial charge in [0.1, 0.15) is 5.75 Å². The van der Waals surface area contributed by atoms with Crippen molar-refractivity contribution in [1.29, 1.82) is 0 Å². The van der Waals surface area contributed by atoms with Crippen LogP contribution in [0.1, 0.15) is 68.9 Å². The van der Waals surface area contributed by atoms with Crippen LogP contribution < -0.4 is 4.74 Å². The van der Waals surface area contributed by atoms with Crippen molar-refractivity contribution in [3.8, 4) is 5.75 Å². The van der Waals surface area contributed by atoms with E-state index in [0.717, 1.165) is 25.2 Å². The molecule has 1 rings (SSSR count). The summed E-state index contributed by atoms with van der Waals surface area (Å²) in [6, 6.07) is 6.32. The lowest BCUT2D eigenvalue weighted by atomic mass is 10.1. The number of aryl methyl sites for hydroxylation is 2. The van der Waals surface area contributed by atoms with Crippen molar-refractivity contribution in [2.75, 3.05) is 13.2 Å². The van der Waals surface area contributed by atoms with Gasteiger partial charge in [0.15, 0.2) is 0 Å². The zero-order chi connectivity index (χ0) is 15.3. The normalized spacial score (nSPS) is 10.8. The summed E-state index contributed by atoms with van der Waals surface area (Å²) in [5, 5.41) is 8.69. The van der Waals surface area contributed by atoms with E-state index in [1.165, 1.54) is 56.1 Å². The quantitative estimate of drug-likeness (QED) is 0.537. The van der Waals surface area contributed by atoms with Crippen molar-refractivity contribution in [3.63, 3.8) is 0 Å². The van der Waals surface area contributed by atoms with Crippen LogP contribution in [0.4, 0.5) is 0 Å². The monoisotopic (exact) mass is 292 g/mol. The molecular formula is C19H32O2. The highest BCUT2D eigenvalue weighted by Crippen LogP contribution is 2.17. The van der Waals surface area contributed by atoms with Gasteiger partial charge >= 0.3 is 0 Å². The summed E-state index contributed by atoms with van der Waals surface area (Å²) in [4.78, 5) is 0. The molecular weight excluding hydrogens is 260 g/mol. The molecule has 0 heterocycles. The Bertz CT molecular complexity index is 374. The minimum absolute atomic E-state index is 0.348. The van der Waals surface area contributed by atoms with E-state index < -0.39 is 0 Å². The number of hydrogen-bond acceptors (Lipinski definition) is 2. The van der Waals surface area contributed by atoms with Gasteiger partial charge in [-0.2, -0.15) is 0 Å². The average molecular weight is 292 g/mol. The van der Waals surface area contributed by atoms with Gasteiger partial charge in [-0.05, 0) is 49.9 Å². The Morgan fingerprint density at radius 3 is 1.90 bits per heavy atom. The summed E-state index contributed by atoms with van der Waals surface area (Å²) in [6.07, 6.45) is 11.1.